The van der Waals surface area contributed by atoms with Crippen molar-refractivity contribution >= 4 is 5.91 Å². The van der Waals surface area contributed by atoms with Crippen LogP contribution in [-0.2, 0) is 11.2 Å². The number of amides is 1. The smallest absolute Gasteiger partial charge is 0.226 e. The molecule has 0 bridgehead atoms. The molecule has 134 valence electrons. The van der Waals surface area contributed by atoms with E-state index in [1.165, 1.54) is 7.11 Å². The second kappa shape index (κ2) is 8.00. The summed E-state index contributed by atoms with van der Waals surface area (Å²) in [5.74, 6) is 1.98. The average Bonchev–Trinajstić information content (AvgIpc) is 3.37. The molecule has 1 amide bonds. The second-order valence-electron chi connectivity index (χ2n) is 6.27. The number of ether oxygens (including phenoxy) is 1. The fraction of sp³-hybridized carbons (Fsp3) is 0.500. The van der Waals surface area contributed by atoms with Crippen molar-refractivity contribution in [2.45, 2.75) is 38.5 Å². The highest BCUT2D eigenvalue weighted by Gasteiger charge is 2.28. The number of benzene rings is 1. The minimum atomic E-state index is 0.0729. The monoisotopic (exact) mass is 345 g/mol. The van der Waals surface area contributed by atoms with E-state index in [0.717, 1.165) is 44.2 Å². The van der Waals surface area contributed by atoms with Gasteiger partial charge in [0.2, 0.25) is 17.6 Å². The van der Waals surface area contributed by atoms with Crippen LogP contribution < -0.4 is 10.1 Å². The number of rotatable bonds is 9. The third-order valence-corrected chi connectivity index (χ3v) is 4.22. The number of phenolic OH excluding ortho intramolecular Hbond substituents is 1. The van der Waals surface area contributed by atoms with Gasteiger partial charge in [0.15, 0.2) is 11.5 Å². The second-order valence-corrected chi connectivity index (χ2v) is 6.27. The van der Waals surface area contributed by atoms with Crippen molar-refractivity contribution < 1.29 is 19.2 Å². The van der Waals surface area contributed by atoms with Crippen LogP contribution in [0.25, 0.3) is 11.4 Å². The minimum absolute atomic E-state index is 0.0729. The lowest BCUT2D eigenvalue weighted by atomic mass is 10.2. The zero-order chi connectivity index (χ0) is 17.6. The number of unbranched alkanes of at least 4 members (excludes halogenated alkanes) is 2. The minimum Gasteiger partial charge on any atom is -0.504 e. The molecule has 2 aromatic rings. The summed E-state index contributed by atoms with van der Waals surface area (Å²) in [6, 6.07) is 4.93. The molecule has 1 fully saturated rings. The predicted molar refractivity (Wildman–Crippen MR) is 91.2 cm³/mol. The number of phenols is 1. The molecule has 2 N–H and O–H groups in total. The lowest BCUT2D eigenvalue weighted by molar-refractivity contribution is -0.122. The highest BCUT2D eigenvalue weighted by Crippen LogP contribution is 2.30. The van der Waals surface area contributed by atoms with E-state index in [2.05, 4.69) is 15.5 Å². The highest BCUT2D eigenvalue weighted by molar-refractivity contribution is 5.80. The van der Waals surface area contributed by atoms with E-state index in [4.69, 9.17) is 9.26 Å². The van der Waals surface area contributed by atoms with Crippen LogP contribution in [0.1, 0.15) is 38.0 Å². The van der Waals surface area contributed by atoms with Crippen LogP contribution in [0.2, 0.25) is 0 Å². The van der Waals surface area contributed by atoms with Gasteiger partial charge < -0.3 is 19.7 Å². The number of methoxy groups -OCH3 is 1. The van der Waals surface area contributed by atoms with Crippen LogP contribution in [0, 0.1) is 5.92 Å². The first-order valence-corrected chi connectivity index (χ1v) is 8.65. The molecule has 0 aliphatic heterocycles. The summed E-state index contributed by atoms with van der Waals surface area (Å²) in [7, 11) is 1.49. The number of aryl methyl sites for hydroxylation is 1. The molecule has 1 aromatic carbocycles. The van der Waals surface area contributed by atoms with Gasteiger partial charge in [-0.3, -0.25) is 4.79 Å². The molecular formula is C18H23N3O4. The Hall–Kier alpha value is -2.57. The number of aromatic nitrogens is 2. The Morgan fingerprint density at radius 3 is 2.96 bits per heavy atom. The van der Waals surface area contributed by atoms with E-state index in [1.54, 1.807) is 18.2 Å². The summed E-state index contributed by atoms with van der Waals surface area (Å²) in [6.45, 7) is 0.734. The Bertz CT molecular complexity index is 725. The molecule has 0 spiro atoms. The number of hydrogen-bond donors (Lipinski definition) is 2. The van der Waals surface area contributed by atoms with Crippen LogP contribution in [0.15, 0.2) is 22.7 Å². The first-order valence-electron chi connectivity index (χ1n) is 8.65. The Kier molecular flexibility index (Phi) is 5.53. The maximum atomic E-state index is 11.5. The molecule has 25 heavy (non-hydrogen) atoms. The maximum absolute atomic E-state index is 11.5. The van der Waals surface area contributed by atoms with Gasteiger partial charge in [-0.15, -0.1) is 0 Å². The summed E-state index contributed by atoms with van der Waals surface area (Å²) >= 11 is 0. The Balaban J connectivity index is 1.41. The first kappa shape index (κ1) is 17.3. The van der Waals surface area contributed by atoms with Gasteiger partial charge in [-0.2, -0.15) is 4.98 Å². The normalized spacial score (nSPS) is 13.6. The van der Waals surface area contributed by atoms with E-state index in [1.807, 2.05) is 0 Å². The van der Waals surface area contributed by atoms with Gasteiger partial charge in [-0.1, -0.05) is 11.6 Å². The van der Waals surface area contributed by atoms with Gasteiger partial charge in [0.05, 0.1) is 7.11 Å². The quantitative estimate of drug-likeness (QED) is 0.678. The fourth-order valence-electron chi connectivity index (χ4n) is 2.57. The van der Waals surface area contributed by atoms with Crippen molar-refractivity contribution in [2.75, 3.05) is 13.7 Å². The van der Waals surface area contributed by atoms with Crippen LogP contribution in [-0.4, -0.2) is 34.8 Å². The molecule has 0 atom stereocenters. The third kappa shape index (κ3) is 4.71. The molecule has 1 aromatic heterocycles. The van der Waals surface area contributed by atoms with Gasteiger partial charge in [-0.25, -0.2) is 0 Å². The van der Waals surface area contributed by atoms with Crippen molar-refractivity contribution in [3.8, 4) is 22.9 Å². The molecule has 1 aliphatic rings. The Morgan fingerprint density at radius 1 is 1.36 bits per heavy atom. The number of nitrogens with one attached hydrogen (secondary N) is 1. The number of carbonyl (C=O) groups excluding carboxylic acids is 1. The summed E-state index contributed by atoms with van der Waals surface area (Å²) < 4.78 is 10.4. The molecule has 0 saturated heterocycles. The van der Waals surface area contributed by atoms with Gasteiger partial charge in [0, 0.05) is 24.4 Å². The lowest BCUT2D eigenvalue weighted by Crippen LogP contribution is -2.25. The van der Waals surface area contributed by atoms with E-state index in [0.29, 0.717) is 23.9 Å². The van der Waals surface area contributed by atoms with Crippen molar-refractivity contribution in [3.05, 3.63) is 24.1 Å². The summed E-state index contributed by atoms with van der Waals surface area (Å²) in [5.41, 5.74) is 0.729. The van der Waals surface area contributed by atoms with Crippen molar-refractivity contribution in [1.82, 2.24) is 15.5 Å². The van der Waals surface area contributed by atoms with E-state index in [-0.39, 0.29) is 17.6 Å². The fourth-order valence-corrected chi connectivity index (χ4v) is 2.57. The lowest BCUT2D eigenvalue weighted by Gasteiger charge is -2.03. The molecular weight excluding hydrogens is 322 g/mol. The van der Waals surface area contributed by atoms with Gasteiger partial charge in [0.1, 0.15) is 0 Å². The number of carbonyl (C=O) groups is 1. The Morgan fingerprint density at radius 2 is 2.20 bits per heavy atom. The van der Waals surface area contributed by atoms with E-state index >= 15 is 0 Å². The maximum Gasteiger partial charge on any atom is 0.226 e. The third-order valence-electron chi connectivity index (χ3n) is 4.22. The molecule has 1 saturated carbocycles. The standard InChI is InChI=1S/C18H23N3O4/c1-24-15-11-13(8-9-14(15)22)17-20-16(25-21-17)5-3-2-4-10-19-18(23)12-6-7-12/h8-9,11-12,22H,2-7,10H2,1H3,(H,19,23). The first-order chi connectivity index (χ1) is 12.2. The summed E-state index contributed by atoms with van der Waals surface area (Å²) in [6.07, 6.45) is 5.67. The molecule has 0 unspecified atom stereocenters. The van der Waals surface area contributed by atoms with Gasteiger partial charge >= 0.3 is 0 Å². The number of nitrogens with zero attached hydrogens (tertiary/aromatic N) is 2. The van der Waals surface area contributed by atoms with Crippen LogP contribution >= 0.6 is 0 Å². The van der Waals surface area contributed by atoms with Crippen LogP contribution in [0.4, 0.5) is 0 Å². The predicted octanol–water partition coefficient (Wildman–Crippen LogP) is 2.69. The number of aromatic hydroxyl groups is 1. The zero-order valence-corrected chi connectivity index (χ0v) is 14.3. The Labute approximate surface area is 146 Å². The largest absolute Gasteiger partial charge is 0.504 e. The molecule has 7 heteroatoms. The SMILES string of the molecule is COc1cc(-c2noc(CCCCCNC(=O)C3CC3)n2)ccc1O. The molecule has 1 aliphatic carbocycles. The molecule has 7 nitrogen and oxygen atoms in total. The van der Waals surface area contributed by atoms with E-state index < -0.39 is 0 Å². The summed E-state index contributed by atoms with van der Waals surface area (Å²) in [5, 5.41) is 16.6. The van der Waals surface area contributed by atoms with Crippen molar-refractivity contribution in [3.63, 3.8) is 0 Å². The number of hydrogen-bond acceptors (Lipinski definition) is 6. The average molecular weight is 345 g/mol. The molecule has 0 radical (unpaired) electrons. The molecule has 1 heterocycles. The zero-order valence-electron chi connectivity index (χ0n) is 14.3. The van der Waals surface area contributed by atoms with Crippen LogP contribution in [0.5, 0.6) is 11.5 Å². The summed E-state index contributed by atoms with van der Waals surface area (Å²) in [4.78, 5) is 15.9. The van der Waals surface area contributed by atoms with Crippen molar-refractivity contribution in [1.29, 1.82) is 0 Å². The van der Waals surface area contributed by atoms with Gasteiger partial charge in [-0.05, 0) is 43.9 Å². The van der Waals surface area contributed by atoms with Gasteiger partial charge in [0.25, 0.3) is 0 Å². The molecule has 3 rings (SSSR count). The van der Waals surface area contributed by atoms with E-state index in [9.17, 15) is 9.90 Å². The van der Waals surface area contributed by atoms with Crippen molar-refractivity contribution in [2.24, 2.45) is 5.92 Å². The van der Waals surface area contributed by atoms with Crippen LogP contribution in [0.3, 0.4) is 0 Å². The highest BCUT2D eigenvalue weighted by atomic mass is 16.5. The topological polar surface area (TPSA) is 97.5 Å².